The van der Waals surface area contributed by atoms with Crippen LogP contribution in [0.1, 0.15) is 111 Å². The van der Waals surface area contributed by atoms with Gasteiger partial charge < -0.3 is 47.9 Å². The number of carbonyl (C=O) groups is 3. The van der Waals surface area contributed by atoms with E-state index in [-0.39, 0.29) is 23.9 Å². The van der Waals surface area contributed by atoms with E-state index < -0.39 is 5.60 Å². The first-order valence-corrected chi connectivity index (χ1v) is 26.6. The molecule has 3 aliphatic rings. The minimum atomic E-state index is -0.592. The Balaban J connectivity index is 0.000000247. The summed E-state index contributed by atoms with van der Waals surface area (Å²) in [6, 6.07) is 27.3. The van der Waals surface area contributed by atoms with E-state index in [4.69, 9.17) is 33.2 Å². The fraction of sp³-hybridized carbons (Fsp3) is 0.468. The topological polar surface area (TPSA) is 129 Å². The highest BCUT2D eigenvalue weighted by atomic mass is 16.6. The van der Waals surface area contributed by atoms with Crippen LogP contribution >= 0.6 is 0 Å². The van der Waals surface area contributed by atoms with E-state index in [1.54, 1.807) is 55.4 Å². The molecule has 0 saturated carbocycles. The van der Waals surface area contributed by atoms with Crippen molar-refractivity contribution in [3.05, 3.63) is 130 Å². The Morgan fingerprint density at radius 2 is 1.04 bits per heavy atom. The molecule has 3 unspecified atom stereocenters. The number of allylic oxidation sites excluding steroid dienone is 2. The number of amides is 3. The van der Waals surface area contributed by atoms with E-state index in [0.29, 0.717) is 90.3 Å². The predicted molar refractivity (Wildman–Crippen MR) is 301 cm³/mol. The zero-order chi connectivity index (χ0) is 54.8. The number of nitrogens with zero attached hydrogens (tertiary/aromatic N) is 4. The number of hydrogen-bond acceptors (Lipinski definition) is 11. The van der Waals surface area contributed by atoms with Crippen molar-refractivity contribution in [2.45, 2.75) is 97.2 Å². The van der Waals surface area contributed by atoms with Crippen molar-refractivity contribution in [1.29, 1.82) is 0 Å². The molecule has 3 amide bonds. The fourth-order valence-corrected chi connectivity index (χ4v) is 10.4. The van der Waals surface area contributed by atoms with Gasteiger partial charge >= 0.3 is 6.09 Å². The van der Waals surface area contributed by atoms with Crippen LogP contribution in [0.25, 0.3) is 12.2 Å². The minimum Gasteiger partial charge on any atom is -0.493 e. The van der Waals surface area contributed by atoms with Crippen LogP contribution in [0.4, 0.5) is 4.79 Å². The molecule has 410 valence electrons. The second-order valence-corrected chi connectivity index (χ2v) is 20.9. The average Bonchev–Trinajstić information content (AvgIpc) is 4.08. The number of benzene rings is 4. The van der Waals surface area contributed by atoms with Crippen molar-refractivity contribution < 1.29 is 47.5 Å². The van der Waals surface area contributed by atoms with Gasteiger partial charge in [0.1, 0.15) is 5.60 Å². The number of rotatable bonds is 20. The third-order valence-corrected chi connectivity index (χ3v) is 13.9. The summed E-state index contributed by atoms with van der Waals surface area (Å²) in [6.07, 6.45) is 16.1. The Hall–Kier alpha value is -6.93. The molecular weight excluding hydrogens is 961 g/mol. The molecule has 0 N–H and O–H groups in total. The number of likely N-dealkylation sites (tertiary alicyclic amines) is 2. The van der Waals surface area contributed by atoms with Crippen LogP contribution in [-0.4, -0.2) is 144 Å². The van der Waals surface area contributed by atoms with Crippen LogP contribution in [0.5, 0.6) is 34.5 Å². The van der Waals surface area contributed by atoms with Gasteiger partial charge in [0.15, 0.2) is 23.0 Å². The smallest absolute Gasteiger partial charge is 0.410 e. The van der Waals surface area contributed by atoms with Crippen LogP contribution in [0, 0.1) is 5.92 Å². The van der Waals surface area contributed by atoms with Gasteiger partial charge in [-0.2, -0.15) is 0 Å². The van der Waals surface area contributed by atoms with Crippen LogP contribution in [0.2, 0.25) is 0 Å². The van der Waals surface area contributed by atoms with Crippen molar-refractivity contribution in [2.75, 3.05) is 88.5 Å². The van der Waals surface area contributed by atoms with Crippen molar-refractivity contribution >= 4 is 30.1 Å². The quantitative estimate of drug-likeness (QED) is 0.0785. The SMILES string of the molecule is COc1cc(C(=O)N(C/C(C)=C/c2ccccc2)CC2CCCN2C(=O)OC(C)(C)C)cc(OC)c1OC.COc1cc(C(=O)N(C/C(C)=C/c2ccccc2)CC2CCCN2CC2CC=CCC2)cc(OC)c1OC. The molecule has 1 aliphatic carbocycles. The summed E-state index contributed by atoms with van der Waals surface area (Å²) < 4.78 is 38.6. The van der Waals surface area contributed by atoms with Crippen molar-refractivity contribution in [3.8, 4) is 34.5 Å². The summed E-state index contributed by atoms with van der Waals surface area (Å²) >= 11 is 0. The zero-order valence-corrected chi connectivity index (χ0v) is 46.9. The Morgan fingerprint density at radius 3 is 1.46 bits per heavy atom. The monoisotopic (exact) mass is 1040 g/mol. The maximum absolute atomic E-state index is 14.1. The molecule has 2 saturated heterocycles. The van der Waals surface area contributed by atoms with E-state index in [1.807, 2.05) is 81.1 Å². The van der Waals surface area contributed by atoms with Crippen molar-refractivity contribution in [2.24, 2.45) is 5.92 Å². The summed E-state index contributed by atoms with van der Waals surface area (Å²) in [5.74, 6) is 3.18. The predicted octanol–water partition coefficient (Wildman–Crippen LogP) is 11.7. The molecular formula is C62H82N4O10. The third-order valence-electron chi connectivity index (χ3n) is 13.9. The maximum Gasteiger partial charge on any atom is 0.410 e. The van der Waals surface area contributed by atoms with Gasteiger partial charge in [-0.15, -0.1) is 0 Å². The van der Waals surface area contributed by atoms with Crippen LogP contribution < -0.4 is 28.4 Å². The lowest BCUT2D eigenvalue weighted by Gasteiger charge is -2.34. The molecule has 3 atom stereocenters. The normalized spacial score (nSPS) is 17.8. The molecule has 0 radical (unpaired) electrons. The van der Waals surface area contributed by atoms with Crippen LogP contribution in [-0.2, 0) is 4.74 Å². The molecule has 0 aromatic heterocycles. The van der Waals surface area contributed by atoms with Gasteiger partial charge in [-0.1, -0.05) is 96.1 Å². The number of methoxy groups -OCH3 is 6. The standard InChI is InChI=1S/C32H42N2O4.C30H40N2O6/c1-24(18-25-12-7-5-8-13-25)21-34(23-28-16-11-17-33(28)22-26-14-9-6-10-15-26)32(35)27-19-29(36-2)31(38-4)30(20-27)37-3;1-21(16-22-12-9-8-10-13-22)19-31(20-24-14-11-15-32(24)29(34)38-30(2,3)4)28(33)23-17-25(35-5)27(37-7)26(18-23)36-6/h5-9,12-13,18-20,26,28H,10-11,14-17,21-23H2,1-4H3;8-10,12-13,16-18,24H,11,14-15,19-20H2,1-7H3/b24-18+;21-16+. The Labute approximate surface area is 452 Å². The molecule has 0 bridgehead atoms. The first-order chi connectivity index (χ1) is 36.6. The summed E-state index contributed by atoms with van der Waals surface area (Å²) in [4.78, 5) is 49.1. The highest BCUT2D eigenvalue weighted by Crippen LogP contribution is 2.40. The van der Waals surface area contributed by atoms with Crippen molar-refractivity contribution in [3.63, 3.8) is 0 Å². The van der Waals surface area contributed by atoms with Gasteiger partial charge in [-0.25, -0.2) is 4.79 Å². The van der Waals surface area contributed by atoms with Gasteiger partial charge in [0.2, 0.25) is 11.5 Å². The fourth-order valence-electron chi connectivity index (χ4n) is 10.4. The van der Waals surface area contributed by atoms with Gasteiger partial charge in [0, 0.05) is 56.4 Å². The Bertz CT molecular complexity index is 2580. The average molecular weight is 1040 g/mol. The van der Waals surface area contributed by atoms with Gasteiger partial charge in [-0.3, -0.25) is 14.5 Å². The zero-order valence-electron chi connectivity index (χ0n) is 46.9. The number of ether oxygens (including phenoxy) is 7. The van der Waals surface area contributed by atoms with Gasteiger partial charge in [0.25, 0.3) is 11.8 Å². The van der Waals surface area contributed by atoms with E-state index in [0.717, 1.165) is 61.0 Å². The molecule has 14 nitrogen and oxygen atoms in total. The number of carbonyl (C=O) groups excluding carboxylic acids is 3. The van der Waals surface area contributed by atoms with E-state index in [9.17, 15) is 14.4 Å². The molecule has 2 fully saturated rings. The van der Waals surface area contributed by atoms with E-state index >= 15 is 0 Å². The van der Waals surface area contributed by atoms with E-state index in [1.165, 1.54) is 40.6 Å². The third kappa shape index (κ3) is 16.3. The molecule has 4 aromatic carbocycles. The summed E-state index contributed by atoms with van der Waals surface area (Å²) in [5.41, 5.74) is 4.70. The molecule has 4 aromatic rings. The first-order valence-electron chi connectivity index (χ1n) is 26.6. The highest BCUT2D eigenvalue weighted by Gasteiger charge is 2.35. The largest absolute Gasteiger partial charge is 0.493 e. The summed E-state index contributed by atoms with van der Waals surface area (Å²) in [5, 5.41) is 0. The summed E-state index contributed by atoms with van der Waals surface area (Å²) in [7, 11) is 9.29. The van der Waals surface area contributed by atoms with Crippen LogP contribution in [0.3, 0.4) is 0 Å². The molecule has 2 heterocycles. The lowest BCUT2D eigenvalue weighted by atomic mass is 9.93. The Kier molecular flexibility index (Phi) is 21.7. The number of hydrogen-bond donors (Lipinski definition) is 0. The molecule has 14 heteroatoms. The van der Waals surface area contributed by atoms with Crippen LogP contribution in [0.15, 0.2) is 108 Å². The minimum absolute atomic E-state index is 0.0301. The lowest BCUT2D eigenvalue weighted by Crippen LogP contribution is -2.47. The highest BCUT2D eigenvalue weighted by molar-refractivity contribution is 5.97. The second kappa shape index (κ2) is 28.3. The molecule has 0 spiro atoms. The van der Waals surface area contributed by atoms with Gasteiger partial charge in [-0.05, 0) is 127 Å². The van der Waals surface area contributed by atoms with E-state index in [2.05, 4.69) is 48.3 Å². The summed E-state index contributed by atoms with van der Waals surface area (Å²) in [6.45, 7) is 14.5. The molecule has 7 rings (SSSR count). The molecule has 76 heavy (non-hydrogen) atoms. The van der Waals surface area contributed by atoms with Crippen molar-refractivity contribution in [1.82, 2.24) is 19.6 Å². The second-order valence-electron chi connectivity index (χ2n) is 20.9. The lowest BCUT2D eigenvalue weighted by molar-refractivity contribution is 0.0194. The maximum atomic E-state index is 14.1. The molecule has 2 aliphatic heterocycles. The first kappa shape index (κ1) is 58.3. The van der Waals surface area contributed by atoms with Gasteiger partial charge in [0.05, 0.1) is 48.7 Å². The Morgan fingerprint density at radius 1 is 0.592 bits per heavy atom.